The Morgan fingerprint density at radius 2 is 2.33 bits per heavy atom. The molecule has 1 aliphatic rings. The summed E-state index contributed by atoms with van der Waals surface area (Å²) in [5.41, 5.74) is 2.34. The molecule has 2 rings (SSSR count). The van der Waals surface area contributed by atoms with Gasteiger partial charge in [-0.3, -0.25) is 0 Å². The standard InChI is InChI=1S/C11H12BrClO2/c1-14-7-4-9-8(11(13)5-7)2-3-15-6-10(9)12/h4-5,10H,2-3,6H2,1H3. The van der Waals surface area contributed by atoms with Gasteiger partial charge >= 0.3 is 0 Å². The Hall–Kier alpha value is -0.250. The molecule has 0 amide bonds. The lowest BCUT2D eigenvalue weighted by atomic mass is 10.0. The number of hydrogen-bond donors (Lipinski definition) is 0. The first-order valence-electron chi connectivity index (χ1n) is 4.80. The van der Waals surface area contributed by atoms with Gasteiger partial charge in [-0.25, -0.2) is 0 Å². The summed E-state index contributed by atoms with van der Waals surface area (Å²) in [6.45, 7) is 1.40. The second kappa shape index (κ2) is 4.73. The van der Waals surface area contributed by atoms with Gasteiger partial charge in [0.1, 0.15) is 5.75 Å². The summed E-state index contributed by atoms with van der Waals surface area (Å²) < 4.78 is 10.7. The van der Waals surface area contributed by atoms with Crippen molar-refractivity contribution in [1.82, 2.24) is 0 Å². The molecule has 1 heterocycles. The van der Waals surface area contributed by atoms with Crippen LogP contribution in [0.5, 0.6) is 5.75 Å². The van der Waals surface area contributed by atoms with Gasteiger partial charge in [-0.05, 0) is 29.7 Å². The molecule has 4 heteroatoms. The van der Waals surface area contributed by atoms with E-state index in [1.54, 1.807) is 7.11 Å². The van der Waals surface area contributed by atoms with Crippen LogP contribution in [0.4, 0.5) is 0 Å². The Labute approximate surface area is 103 Å². The largest absolute Gasteiger partial charge is 0.497 e. The van der Waals surface area contributed by atoms with Gasteiger partial charge in [0.15, 0.2) is 0 Å². The lowest BCUT2D eigenvalue weighted by Crippen LogP contribution is -1.99. The third kappa shape index (κ3) is 2.30. The molecule has 0 saturated carbocycles. The number of halogens is 2. The van der Waals surface area contributed by atoms with Crippen LogP contribution in [0, 0.1) is 0 Å². The Morgan fingerprint density at radius 1 is 1.53 bits per heavy atom. The van der Waals surface area contributed by atoms with Crippen molar-refractivity contribution in [1.29, 1.82) is 0 Å². The summed E-state index contributed by atoms with van der Waals surface area (Å²) in [5.74, 6) is 0.796. The molecule has 1 atom stereocenters. The average Bonchev–Trinajstić information content (AvgIpc) is 2.41. The first kappa shape index (κ1) is 11.2. The van der Waals surface area contributed by atoms with Gasteiger partial charge in [-0.2, -0.15) is 0 Å². The van der Waals surface area contributed by atoms with Crippen LogP contribution in [0.25, 0.3) is 0 Å². The lowest BCUT2D eigenvalue weighted by Gasteiger charge is -2.13. The normalized spacial score (nSPS) is 20.6. The number of benzene rings is 1. The first-order chi connectivity index (χ1) is 7.22. The number of methoxy groups -OCH3 is 1. The van der Waals surface area contributed by atoms with E-state index in [0.29, 0.717) is 6.61 Å². The molecule has 0 aromatic heterocycles. The van der Waals surface area contributed by atoms with E-state index in [9.17, 15) is 0 Å². The molecule has 1 aliphatic heterocycles. The topological polar surface area (TPSA) is 18.5 Å². The highest BCUT2D eigenvalue weighted by Crippen LogP contribution is 2.36. The third-order valence-electron chi connectivity index (χ3n) is 2.54. The van der Waals surface area contributed by atoms with Gasteiger partial charge in [0.05, 0.1) is 25.2 Å². The summed E-state index contributed by atoms with van der Waals surface area (Å²) in [6, 6.07) is 3.88. The maximum atomic E-state index is 6.21. The van der Waals surface area contributed by atoms with Gasteiger partial charge in [0.25, 0.3) is 0 Å². The van der Waals surface area contributed by atoms with E-state index < -0.39 is 0 Å². The number of alkyl halides is 1. The van der Waals surface area contributed by atoms with E-state index in [1.807, 2.05) is 12.1 Å². The third-order valence-corrected chi connectivity index (χ3v) is 3.63. The van der Waals surface area contributed by atoms with E-state index >= 15 is 0 Å². The van der Waals surface area contributed by atoms with E-state index in [1.165, 1.54) is 5.56 Å². The Kier molecular flexibility index (Phi) is 3.54. The zero-order chi connectivity index (χ0) is 10.8. The molecule has 0 fully saturated rings. The molecule has 15 heavy (non-hydrogen) atoms. The fraction of sp³-hybridized carbons (Fsp3) is 0.455. The fourth-order valence-electron chi connectivity index (χ4n) is 1.74. The van der Waals surface area contributed by atoms with Crippen LogP contribution < -0.4 is 4.74 Å². The fourth-order valence-corrected chi connectivity index (χ4v) is 2.65. The number of fused-ring (bicyclic) bond motifs is 1. The highest BCUT2D eigenvalue weighted by molar-refractivity contribution is 9.09. The monoisotopic (exact) mass is 290 g/mol. The number of rotatable bonds is 1. The van der Waals surface area contributed by atoms with Crippen LogP contribution in [-0.2, 0) is 11.2 Å². The molecule has 0 aliphatic carbocycles. The second-order valence-corrected chi connectivity index (χ2v) is 4.98. The zero-order valence-electron chi connectivity index (χ0n) is 8.43. The Bertz CT molecular complexity index is 368. The maximum absolute atomic E-state index is 6.21. The molecule has 0 bridgehead atoms. The molecule has 82 valence electrons. The van der Waals surface area contributed by atoms with E-state index in [2.05, 4.69) is 15.9 Å². The summed E-state index contributed by atoms with van der Waals surface area (Å²) in [5, 5.41) is 0.763. The molecule has 2 nitrogen and oxygen atoms in total. The van der Waals surface area contributed by atoms with Crippen molar-refractivity contribution in [2.45, 2.75) is 11.2 Å². The van der Waals surface area contributed by atoms with Gasteiger partial charge in [-0.15, -0.1) is 0 Å². The number of hydrogen-bond acceptors (Lipinski definition) is 2. The number of ether oxygens (including phenoxy) is 2. The molecule has 1 aromatic carbocycles. The van der Waals surface area contributed by atoms with Gasteiger partial charge in [0, 0.05) is 5.02 Å². The zero-order valence-corrected chi connectivity index (χ0v) is 10.8. The van der Waals surface area contributed by atoms with Crippen LogP contribution in [0.15, 0.2) is 12.1 Å². The minimum absolute atomic E-state index is 0.197. The van der Waals surface area contributed by atoms with Crippen LogP contribution >= 0.6 is 27.5 Å². The lowest BCUT2D eigenvalue weighted by molar-refractivity contribution is 0.146. The van der Waals surface area contributed by atoms with E-state index in [0.717, 1.165) is 29.4 Å². The van der Waals surface area contributed by atoms with Crippen LogP contribution in [0.2, 0.25) is 5.02 Å². The van der Waals surface area contributed by atoms with Crippen molar-refractivity contribution in [3.63, 3.8) is 0 Å². The minimum atomic E-state index is 0.197. The quantitative estimate of drug-likeness (QED) is 0.739. The van der Waals surface area contributed by atoms with Gasteiger partial charge in [0.2, 0.25) is 0 Å². The summed E-state index contributed by atoms with van der Waals surface area (Å²) >= 11 is 9.80. The van der Waals surface area contributed by atoms with Crippen molar-refractivity contribution in [3.05, 3.63) is 28.3 Å². The molecule has 0 spiro atoms. The molecular weight excluding hydrogens is 279 g/mol. The average molecular weight is 292 g/mol. The van der Waals surface area contributed by atoms with Crippen molar-refractivity contribution in [2.24, 2.45) is 0 Å². The van der Waals surface area contributed by atoms with Crippen molar-refractivity contribution < 1.29 is 9.47 Å². The van der Waals surface area contributed by atoms with E-state index in [-0.39, 0.29) is 4.83 Å². The van der Waals surface area contributed by atoms with Gasteiger partial charge in [-0.1, -0.05) is 27.5 Å². The minimum Gasteiger partial charge on any atom is -0.497 e. The Morgan fingerprint density at radius 3 is 3.07 bits per heavy atom. The van der Waals surface area contributed by atoms with Crippen molar-refractivity contribution >= 4 is 27.5 Å². The predicted octanol–water partition coefficient (Wildman–Crippen LogP) is 3.36. The highest BCUT2D eigenvalue weighted by Gasteiger charge is 2.19. The maximum Gasteiger partial charge on any atom is 0.120 e. The van der Waals surface area contributed by atoms with E-state index in [4.69, 9.17) is 21.1 Å². The molecule has 1 aromatic rings. The van der Waals surface area contributed by atoms with Gasteiger partial charge < -0.3 is 9.47 Å². The highest BCUT2D eigenvalue weighted by atomic mass is 79.9. The predicted molar refractivity (Wildman–Crippen MR) is 64.2 cm³/mol. The van der Waals surface area contributed by atoms with Crippen molar-refractivity contribution in [3.8, 4) is 5.75 Å². The molecule has 0 N–H and O–H groups in total. The second-order valence-electron chi connectivity index (χ2n) is 3.47. The molecule has 1 unspecified atom stereocenters. The molecular formula is C11H12BrClO2. The smallest absolute Gasteiger partial charge is 0.120 e. The summed E-state index contributed by atoms with van der Waals surface area (Å²) in [7, 11) is 1.65. The SMILES string of the molecule is COc1cc(Cl)c2c(c1)C(Br)COCC2. The first-order valence-corrected chi connectivity index (χ1v) is 6.10. The van der Waals surface area contributed by atoms with Crippen LogP contribution in [0.3, 0.4) is 0 Å². The summed E-state index contributed by atoms with van der Waals surface area (Å²) in [6.07, 6.45) is 0.861. The van der Waals surface area contributed by atoms with Crippen molar-refractivity contribution in [2.75, 3.05) is 20.3 Å². The Balaban J connectivity index is 2.50. The molecule has 0 saturated heterocycles. The summed E-state index contributed by atoms with van der Waals surface area (Å²) in [4.78, 5) is 0.197. The molecule has 0 radical (unpaired) electrons. The van der Waals surface area contributed by atoms with Crippen LogP contribution in [0.1, 0.15) is 16.0 Å². The van der Waals surface area contributed by atoms with Crippen LogP contribution in [-0.4, -0.2) is 20.3 Å².